The number of H-pyrrole nitrogens is 1. The van der Waals surface area contributed by atoms with Gasteiger partial charge in [-0.15, -0.1) is 5.10 Å². The summed E-state index contributed by atoms with van der Waals surface area (Å²) >= 11 is 6.33. The Bertz CT molecular complexity index is 844. The number of rotatable bonds is 3. The predicted octanol–water partition coefficient (Wildman–Crippen LogP) is 2.29. The molecule has 9 heteroatoms. The number of nitrogens with zero attached hydrogens (tertiary/aromatic N) is 7. The molecule has 3 aromatic rings. The third-order valence-corrected chi connectivity index (χ3v) is 4.32. The Morgan fingerprint density at radius 2 is 2.09 bits per heavy atom. The second-order valence-electron chi connectivity index (χ2n) is 6.98. The van der Waals surface area contributed by atoms with Gasteiger partial charge in [0.2, 0.25) is 0 Å². The van der Waals surface area contributed by atoms with Gasteiger partial charge >= 0.3 is 0 Å². The first-order valence-electron chi connectivity index (χ1n) is 7.59. The molecule has 0 aliphatic heterocycles. The summed E-state index contributed by atoms with van der Waals surface area (Å²) in [5.74, 6) is 1.90. The SMILES string of the molecule is CC(C)(C)c1nc(Cl)c2ncn(C(c3nnn[nH]3)C3CC3)c2n1. The molecule has 0 amide bonds. The van der Waals surface area contributed by atoms with Crippen molar-refractivity contribution in [2.24, 2.45) is 5.92 Å². The van der Waals surface area contributed by atoms with E-state index >= 15 is 0 Å². The summed E-state index contributed by atoms with van der Waals surface area (Å²) in [4.78, 5) is 13.5. The molecule has 8 nitrogen and oxygen atoms in total. The standard InChI is InChI=1S/C14H17ClN8/c1-14(2,3)13-17-10(15)8-12(18-13)23(6-16-8)9(7-4-5-7)11-19-21-22-20-11/h6-7,9H,4-5H2,1-3H3,(H,19,20,21,22). The summed E-state index contributed by atoms with van der Waals surface area (Å²) in [5, 5.41) is 14.8. The largest absolute Gasteiger partial charge is 0.304 e. The molecule has 3 aromatic heterocycles. The van der Waals surface area contributed by atoms with E-state index in [1.807, 2.05) is 4.57 Å². The zero-order valence-electron chi connectivity index (χ0n) is 13.2. The summed E-state index contributed by atoms with van der Waals surface area (Å²) in [6.45, 7) is 6.18. The number of halogens is 1. The summed E-state index contributed by atoms with van der Waals surface area (Å²) in [6.07, 6.45) is 4.02. The van der Waals surface area contributed by atoms with Crippen LogP contribution in [-0.2, 0) is 5.41 Å². The Morgan fingerprint density at radius 3 is 2.70 bits per heavy atom. The first-order chi connectivity index (χ1) is 10.9. The van der Waals surface area contributed by atoms with E-state index in [0.717, 1.165) is 24.3 Å². The third-order valence-electron chi connectivity index (χ3n) is 4.06. The van der Waals surface area contributed by atoms with Crippen molar-refractivity contribution in [2.45, 2.75) is 45.1 Å². The number of aromatic nitrogens is 8. The highest BCUT2D eigenvalue weighted by atomic mass is 35.5. The van der Waals surface area contributed by atoms with E-state index in [0.29, 0.717) is 22.4 Å². The average Bonchev–Trinajstić information content (AvgIpc) is 2.99. The molecule has 120 valence electrons. The Hall–Kier alpha value is -2.09. The monoisotopic (exact) mass is 332 g/mol. The molecule has 0 saturated heterocycles. The van der Waals surface area contributed by atoms with E-state index in [-0.39, 0.29) is 11.5 Å². The normalized spacial score (nSPS) is 16.9. The molecule has 1 unspecified atom stereocenters. The Labute approximate surface area is 137 Å². The lowest BCUT2D eigenvalue weighted by molar-refractivity contribution is 0.497. The number of tetrazole rings is 1. The number of hydrogen-bond donors (Lipinski definition) is 1. The Kier molecular flexibility index (Phi) is 3.12. The fourth-order valence-electron chi connectivity index (χ4n) is 2.71. The summed E-state index contributed by atoms with van der Waals surface area (Å²) < 4.78 is 2.01. The van der Waals surface area contributed by atoms with E-state index in [1.54, 1.807) is 6.33 Å². The second kappa shape index (κ2) is 4.95. The zero-order valence-corrected chi connectivity index (χ0v) is 13.9. The van der Waals surface area contributed by atoms with Gasteiger partial charge in [-0.05, 0) is 29.2 Å². The third kappa shape index (κ3) is 2.46. The molecule has 1 fully saturated rings. The van der Waals surface area contributed by atoms with Gasteiger partial charge in [0, 0.05) is 5.41 Å². The number of fused-ring (bicyclic) bond motifs is 1. The van der Waals surface area contributed by atoms with Crippen LogP contribution in [0.15, 0.2) is 6.33 Å². The first kappa shape index (κ1) is 14.5. The van der Waals surface area contributed by atoms with Crippen molar-refractivity contribution in [2.75, 3.05) is 0 Å². The van der Waals surface area contributed by atoms with Crippen LogP contribution in [0.5, 0.6) is 0 Å². The Morgan fingerprint density at radius 1 is 1.30 bits per heavy atom. The summed E-state index contributed by atoms with van der Waals surface area (Å²) in [7, 11) is 0. The van der Waals surface area contributed by atoms with Crippen LogP contribution in [-0.4, -0.2) is 40.1 Å². The lowest BCUT2D eigenvalue weighted by Crippen LogP contribution is -2.18. The van der Waals surface area contributed by atoms with Crippen LogP contribution in [0.1, 0.15) is 51.3 Å². The lowest BCUT2D eigenvalue weighted by atomic mass is 9.96. The Balaban J connectivity index is 1.91. The van der Waals surface area contributed by atoms with Gasteiger partial charge in [-0.3, -0.25) is 0 Å². The molecule has 3 heterocycles. The molecule has 4 rings (SSSR count). The van der Waals surface area contributed by atoms with Crippen LogP contribution < -0.4 is 0 Å². The predicted molar refractivity (Wildman–Crippen MR) is 84.1 cm³/mol. The number of imidazole rings is 1. The van der Waals surface area contributed by atoms with E-state index in [9.17, 15) is 0 Å². The van der Waals surface area contributed by atoms with Gasteiger partial charge < -0.3 is 4.57 Å². The van der Waals surface area contributed by atoms with Gasteiger partial charge in [0.25, 0.3) is 0 Å². The van der Waals surface area contributed by atoms with Crippen molar-refractivity contribution in [1.29, 1.82) is 0 Å². The number of aromatic amines is 1. The van der Waals surface area contributed by atoms with E-state index in [2.05, 4.69) is 51.4 Å². The molecule has 0 spiro atoms. The highest BCUT2D eigenvalue weighted by Gasteiger charge is 2.37. The number of hydrogen-bond acceptors (Lipinski definition) is 6. The molecular weight excluding hydrogens is 316 g/mol. The molecule has 1 N–H and O–H groups in total. The maximum Gasteiger partial charge on any atom is 0.171 e. The van der Waals surface area contributed by atoms with E-state index < -0.39 is 0 Å². The van der Waals surface area contributed by atoms with Crippen molar-refractivity contribution < 1.29 is 0 Å². The van der Waals surface area contributed by atoms with Crippen LogP contribution in [0.2, 0.25) is 5.15 Å². The second-order valence-corrected chi connectivity index (χ2v) is 7.34. The number of nitrogens with one attached hydrogen (secondary N) is 1. The molecule has 23 heavy (non-hydrogen) atoms. The smallest absolute Gasteiger partial charge is 0.171 e. The van der Waals surface area contributed by atoms with Gasteiger partial charge in [0.1, 0.15) is 17.4 Å². The first-order valence-corrected chi connectivity index (χ1v) is 7.97. The van der Waals surface area contributed by atoms with Gasteiger partial charge in [-0.2, -0.15) is 0 Å². The molecule has 0 radical (unpaired) electrons. The van der Waals surface area contributed by atoms with Crippen LogP contribution in [0.25, 0.3) is 11.2 Å². The summed E-state index contributed by atoms with van der Waals surface area (Å²) in [6, 6.07) is -0.00575. The molecule has 1 aliphatic carbocycles. The van der Waals surface area contributed by atoms with Crippen molar-refractivity contribution in [3.05, 3.63) is 23.1 Å². The van der Waals surface area contributed by atoms with Crippen molar-refractivity contribution in [3.63, 3.8) is 0 Å². The van der Waals surface area contributed by atoms with Crippen molar-refractivity contribution in [3.8, 4) is 0 Å². The maximum absolute atomic E-state index is 6.33. The molecule has 0 bridgehead atoms. The van der Waals surface area contributed by atoms with Crippen LogP contribution in [0.4, 0.5) is 0 Å². The highest BCUT2D eigenvalue weighted by Crippen LogP contribution is 2.43. The molecule has 0 aromatic carbocycles. The highest BCUT2D eigenvalue weighted by molar-refractivity contribution is 6.33. The van der Waals surface area contributed by atoms with Crippen LogP contribution in [0.3, 0.4) is 0 Å². The molecular formula is C14H17ClN8. The fraction of sp³-hybridized carbons (Fsp3) is 0.571. The maximum atomic E-state index is 6.33. The minimum atomic E-state index is -0.199. The van der Waals surface area contributed by atoms with E-state index in [4.69, 9.17) is 16.6 Å². The van der Waals surface area contributed by atoms with Crippen LogP contribution in [0, 0.1) is 5.92 Å². The fourth-order valence-corrected chi connectivity index (χ4v) is 2.92. The van der Waals surface area contributed by atoms with Crippen molar-refractivity contribution >= 4 is 22.8 Å². The van der Waals surface area contributed by atoms with Gasteiger partial charge in [0.15, 0.2) is 16.6 Å². The molecule has 1 atom stereocenters. The van der Waals surface area contributed by atoms with Crippen molar-refractivity contribution in [1.82, 2.24) is 40.1 Å². The van der Waals surface area contributed by atoms with Gasteiger partial charge in [-0.1, -0.05) is 32.4 Å². The minimum absolute atomic E-state index is 0.00575. The summed E-state index contributed by atoms with van der Waals surface area (Å²) in [5.41, 5.74) is 1.14. The average molecular weight is 333 g/mol. The zero-order chi connectivity index (χ0) is 16.2. The molecule has 1 saturated carbocycles. The molecule has 1 aliphatic rings. The van der Waals surface area contributed by atoms with E-state index in [1.165, 1.54) is 0 Å². The minimum Gasteiger partial charge on any atom is -0.304 e. The topological polar surface area (TPSA) is 98.1 Å². The van der Waals surface area contributed by atoms with Crippen LogP contribution >= 0.6 is 11.6 Å². The lowest BCUT2D eigenvalue weighted by Gasteiger charge is -2.18. The van der Waals surface area contributed by atoms with Gasteiger partial charge in [-0.25, -0.2) is 20.1 Å². The quantitative estimate of drug-likeness (QED) is 0.739. The van der Waals surface area contributed by atoms with Gasteiger partial charge in [0.05, 0.1) is 6.33 Å².